The Morgan fingerprint density at radius 1 is 1.11 bits per heavy atom. The van der Waals surface area contributed by atoms with E-state index in [1.165, 1.54) is 12.1 Å². The van der Waals surface area contributed by atoms with Gasteiger partial charge >= 0.3 is 0 Å². The maximum atomic E-state index is 12.7. The van der Waals surface area contributed by atoms with Crippen molar-refractivity contribution in [2.75, 3.05) is 40.5 Å². The molecule has 3 nitrogen and oxygen atoms in total. The van der Waals surface area contributed by atoms with Crippen LogP contribution in [0.5, 0.6) is 0 Å². The van der Waals surface area contributed by atoms with Crippen molar-refractivity contribution < 1.29 is 4.39 Å². The average Bonchev–Trinajstić information content (AvgIpc) is 2.30. The molecule has 0 N–H and O–H groups in total. The van der Waals surface area contributed by atoms with E-state index in [0.717, 1.165) is 23.2 Å². The van der Waals surface area contributed by atoms with Gasteiger partial charge in [-0.3, -0.25) is 4.99 Å². The van der Waals surface area contributed by atoms with Gasteiger partial charge in [0, 0.05) is 38.8 Å². The van der Waals surface area contributed by atoms with Gasteiger partial charge in [-0.25, -0.2) is 4.39 Å². The molecule has 0 atom stereocenters. The Morgan fingerprint density at radius 3 is 2.11 bits per heavy atom. The number of hydrogen-bond acceptors (Lipinski definition) is 2. The summed E-state index contributed by atoms with van der Waals surface area (Å²) in [7, 11) is 7.91. The summed E-state index contributed by atoms with van der Waals surface area (Å²) in [5.41, 5.74) is 0. The third kappa shape index (κ3) is 7.00. The van der Waals surface area contributed by atoms with E-state index < -0.39 is 0 Å². The average molecular weight is 397 g/mol. The molecule has 0 fully saturated rings. The van der Waals surface area contributed by atoms with E-state index in [4.69, 9.17) is 0 Å². The Balaban J connectivity index is 0.00000324. The second kappa shape index (κ2) is 9.41. The van der Waals surface area contributed by atoms with E-state index in [1.54, 1.807) is 23.9 Å². The maximum absolute atomic E-state index is 12.7. The largest absolute Gasteiger partial charge is 0.349 e. The summed E-state index contributed by atoms with van der Waals surface area (Å²) < 4.78 is 12.7. The van der Waals surface area contributed by atoms with Gasteiger partial charge in [-0.15, -0.1) is 35.7 Å². The molecule has 0 unspecified atom stereocenters. The van der Waals surface area contributed by atoms with Gasteiger partial charge in [0.15, 0.2) is 5.96 Å². The van der Waals surface area contributed by atoms with Gasteiger partial charge < -0.3 is 9.80 Å². The molecule has 0 heterocycles. The second-order valence-electron chi connectivity index (χ2n) is 4.27. The SMILES string of the molecule is CN(C)C(=NCCSc1ccc(F)cc1)N(C)C.I. The highest BCUT2D eigenvalue weighted by Crippen LogP contribution is 2.17. The van der Waals surface area contributed by atoms with Crippen molar-refractivity contribution in [2.24, 2.45) is 4.99 Å². The first kappa shape index (κ1) is 18.5. The van der Waals surface area contributed by atoms with Gasteiger partial charge in [0.05, 0.1) is 6.54 Å². The molecule has 0 aliphatic carbocycles. The van der Waals surface area contributed by atoms with Crippen molar-refractivity contribution in [1.82, 2.24) is 9.80 Å². The quantitative estimate of drug-likeness (QED) is 0.256. The van der Waals surface area contributed by atoms with Crippen LogP contribution in [0, 0.1) is 5.82 Å². The summed E-state index contributed by atoms with van der Waals surface area (Å²) in [4.78, 5) is 9.58. The smallest absolute Gasteiger partial charge is 0.195 e. The van der Waals surface area contributed by atoms with Crippen LogP contribution in [0.15, 0.2) is 34.2 Å². The van der Waals surface area contributed by atoms with Crippen molar-refractivity contribution in [3.05, 3.63) is 30.1 Å². The van der Waals surface area contributed by atoms with Crippen molar-refractivity contribution >= 4 is 41.7 Å². The topological polar surface area (TPSA) is 18.8 Å². The number of benzene rings is 1. The summed E-state index contributed by atoms with van der Waals surface area (Å²) in [6.45, 7) is 0.744. The van der Waals surface area contributed by atoms with E-state index in [9.17, 15) is 4.39 Å². The standard InChI is InChI=1S/C13H20FN3S.HI/c1-16(2)13(17(3)4)15-9-10-18-12-7-5-11(14)6-8-12;/h5-8H,9-10H2,1-4H3;1H. The fraction of sp³-hybridized carbons (Fsp3) is 0.462. The Hall–Kier alpha value is -0.500. The number of nitrogens with zero attached hydrogens (tertiary/aromatic N) is 3. The molecule has 0 bridgehead atoms. The molecule has 0 radical (unpaired) electrons. The monoisotopic (exact) mass is 397 g/mol. The Kier molecular flexibility index (Phi) is 9.16. The molecular weight excluding hydrogens is 376 g/mol. The first-order valence-electron chi connectivity index (χ1n) is 5.78. The van der Waals surface area contributed by atoms with E-state index >= 15 is 0 Å². The molecule has 19 heavy (non-hydrogen) atoms. The Morgan fingerprint density at radius 2 is 1.63 bits per heavy atom. The molecule has 0 aliphatic rings. The van der Waals surface area contributed by atoms with Crippen LogP contribution >= 0.6 is 35.7 Å². The predicted molar refractivity (Wildman–Crippen MR) is 92.2 cm³/mol. The highest BCUT2D eigenvalue weighted by atomic mass is 127. The molecule has 1 aromatic carbocycles. The van der Waals surface area contributed by atoms with Crippen LogP contribution in [0.2, 0.25) is 0 Å². The van der Waals surface area contributed by atoms with Crippen molar-refractivity contribution in [3.8, 4) is 0 Å². The van der Waals surface area contributed by atoms with Crippen LogP contribution in [0.4, 0.5) is 4.39 Å². The molecule has 1 aromatic rings. The fourth-order valence-electron chi connectivity index (χ4n) is 1.52. The van der Waals surface area contributed by atoms with Gasteiger partial charge in [0.2, 0.25) is 0 Å². The zero-order chi connectivity index (χ0) is 13.5. The maximum Gasteiger partial charge on any atom is 0.195 e. The highest BCUT2D eigenvalue weighted by Gasteiger charge is 2.03. The van der Waals surface area contributed by atoms with Crippen LogP contribution in [0.3, 0.4) is 0 Å². The lowest BCUT2D eigenvalue weighted by molar-refractivity contribution is 0.480. The molecule has 0 aromatic heterocycles. The van der Waals surface area contributed by atoms with E-state index in [1.807, 2.05) is 38.0 Å². The number of guanidine groups is 1. The number of halogens is 2. The van der Waals surface area contributed by atoms with Gasteiger partial charge in [0.25, 0.3) is 0 Å². The van der Waals surface area contributed by atoms with Crippen LogP contribution in [-0.2, 0) is 0 Å². The lowest BCUT2D eigenvalue weighted by Crippen LogP contribution is -2.35. The minimum Gasteiger partial charge on any atom is -0.349 e. The summed E-state index contributed by atoms with van der Waals surface area (Å²) in [5, 5.41) is 0. The van der Waals surface area contributed by atoms with Gasteiger partial charge in [-0.2, -0.15) is 0 Å². The van der Waals surface area contributed by atoms with Crippen molar-refractivity contribution in [3.63, 3.8) is 0 Å². The molecule has 108 valence electrons. The van der Waals surface area contributed by atoms with E-state index in [2.05, 4.69) is 4.99 Å². The lowest BCUT2D eigenvalue weighted by atomic mass is 10.4. The van der Waals surface area contributed by atoms with Gasteiger partial charge in [0.1, 0.15) is 5.82 Å². The molecule has 0 aliphatic heterocycles. The number of hydrogen-bond donors (Lipinski definition) is 0. The third-order valence-corrected chi connectivity index (χ3v) is 3.22. The Labute approximate surface area is 136 Å². The van der Waals surface area contributed by atoms with E-state index in [0.29, 0.717) is 0 Å². The lowest BCUT2D eigenvalue weighted by Gasteiger charge is -2.22. The number of thioether (sulfide) groups is 1. The molecule has 6 heteroatoms. The first-order chi connectivity index (χ1) is 8.50. The first-order valence-corrected chi connectivity index (χ1v) is 6.76. The summed E-state index contributed by atoms with van der Waals surface area (Å²) in [5.74, 6) is 1.64. The summed E-state index contributed by atoms with van der Waals surface area (Å²) in [6.07, 6.45) is 0. The van der Waals surface area contributed by atoms with Crippen LogP contribution in [0.1, 0.15) is 0 Å². The fourth-order valence-corrected chi connectivity index (χ4v) is 2.27. The normalized spacial score (nSPS) is 9.53. The van der Waals surface area contributed by atoms with Crippen molar-refractivity contribution in [1.29, 1.82) is 0 Å². The van der Waals surface area contributed by atoms with Gasteiger partial charge in [-0.1, -0.05) is 0 Å². The predicted octanol–water partition coefficient (Wildman–Crippen LogP) is 3.02. The van der Waals surface area contributed by atoms with E-state index in [-0.39, 0.29) is 29.8 Å². The Bertz CT molecular complexity index is 383. The summed E-state index contributed by atoms with van der Waals surface area (Å²) in [6, 6.07) is 6.55. The van der Waals surface area contributed by atoms with Crippen LogP contribution in [-0.4, -0.2) is 56.2 Å². The molecule has 0 saturated carbocycles. The molecule has 0 spiro atoms. The summed E-state index contributed by atoms with van der Waals surface area (Å²) >= 11 is 1.68. The zero-order valence-electron chi connectivity index (χ0n) is 11.8. The molecule has 1 rings (SSSR count). The van der Waals surface area contributed by atoms with Crippen LogP contribution < -0.4 is 0 Å². The number of aliphatic imine (C=N–C) groups is 1. The van der Waals surface area contributed by atoms with Crippen LogP contribution in [0.25, 0.3) is 0 Å². The third-order valence-electron chi connectivity index (χ3n) is 2.23. The highest BCUT2D eigenvalue weighted by molar-refractivity contribution is 14.0. The minimum absolute atomic E-state index is 0. The number of rotatable bonds is 4. The van der Waals surface area contributed by atoms with Gasteiger partial charge in [-0.05, 0) is 24.3 Å². The molecule has 0 saturated heterocycles. The minimum atomic E-state index is -0.195. The second-order valence-corrected chi connectivity index (χ2v) is 5.44. The molecular formula is C13H21FIN3S. The zero-order valence-corrected chi connectivity index (χ0v) is 14.9. The molecule has 0 amide bonds. The van der Waals surface area contributed by atoms with Crippen molar-refractivity contribution in [2.45, 2.75) is 4.90 Å².